The fourth-order valence-corrected chi connectivity index (χ4v) is 4.66. The van der Waals surface area contributed by atoms with Gasteiger partial charge in [-0.05, 0) is 89.8 Å². The molecule has 3 amide bonds. The van der Waals surface area contributed by atoms with E-state index >= 15 is 0 Å². The summed E-state index contributed by atoms with van der Waals surface area (Å²) in [6.45, 7) is 19.6. The minimum atomic E-state index is -0.893. The molecule has 0 aliphatic rings. The molecule has 0 aliphatic carbocycles. The number of ether oxygens (including phenoxy) is 1. The van der Waals surface area contributed by atoms with Crippen LogP contribution in [0.4, 0.5) is 4.79 Å². The highest BCUT2D eigenvalue weighted by molar-refractivity contribution is 5.92. The Morgan fingerprint density at radius 1 is 0.925 bits per heavy atom. The molecule has 1 aromatic rings. The van der Waals surface area contributed by atoms with Crippen LogP contribution in [-0.4, -0.2) is 46.5 Å². The maximum Gasteiger partial charge on any atom is 0.408 e. The number of rotatable bonds is 14. The lowest BCUT2D eigenvalue weighted by molar-refractivity contribution is -0.145. The van der Waals surface area contributed by atoms with Gasteiger partial charge in [0.15, 0.2) is 0 Å². The van der Waals surface area contributed by atoms with Crippen molar-refractivity contribution in [3.05, 3.63) is 35.4 Å². The Balaban J connectivity index is 3.66. The van der Waals surface area contributed by atoms with Gasteiger partial charge in [0, 0.05) is 17.6 Å². The van der Waals surface area contributed by atoms with Gasteiger partial charge < -0.3 is 20.3 Å². The second kappa shape index (κ2) is 16.3. The summed E-state index contributed by atoms with van der Waals surface area (Å²) in [5.41, 5.74) is 0.652. The van der Waals surface area contributed by atoms with E-state index < -0.39 is 23.8 Å². The predicted molar refractivity (Wildman–Crippen MR) is 163 cm³/mol. The van der Waals surface area contributed by atoms with Gasteiger partial charge in [-0.15, -0.1) is 6.42 Å². The van der Waals surface area contributed by atoms with Crippen LogP contribution in [0.25, 0.3) is 0 Å². The molecule has 2 N–H and O–H groups in total. The first-order valence-electron chi connectivity index (χ1n) is 14.8. The molecule has 0 saturated heterocycles. The molecule has 4 atom stereocenters. The first-order chi connectivity index (χ1) is 18.6. The minimum absolute atomic E-state index is 0.0562. The maximum absolute atomic E-state index is 14.5. The summed E-state index contributed by atoms with van der Waals surface area (Å²) in [7, 11) is 0. The highest BCUT2D eigenvalue weighted by Gasteiger charge is 2.39. The summed E-state index contributed by atoms with van der Waals surface area (Å²) >= 11 is 0. The van der Waals surface area contributed by atoms with Crippen molar-refractivity contribution >= 4 is 17.9 Å². The quantitative estimate of drug-likeness (QED) is 0.253. The molecule has 0 heterocycles. The second-order valence-electron chi connectivity index (χ2n) is 12.8. The number of nitrogens with zero attached hydrogens (tertiary/aromatic N) is 1. The Kier molecular flexibility index (Phi) is 14.3. The second-order valence-corrected chi connectivity index (χ2v) is 12.8. The van der Waals surface area contributed by atoms with E-state index in [1.807, 2.05) is 39.8 Å². The molecule has 0 aliphatic heterocycles. The fourth-order valence-electron chi connectivity index (χ4n) is 4.66. The largest absolute Gasteiger partial charge is 0.444 e. The molecule has 0 fully saturated rings. The first kappa shape index (κ1) is 35.0. The van der Waals surface area contributed by atoms with Gasteiger partial charge in [-0.3, -0.25) is 9.59 Å². The van der Waals surface area contributed by atoms with E-state index in [4.69, 9.17) is 11.2 Å². The third kappa shape index (κ3) is 12.0. The van der Waals surface area contributed by atoms with Crippen LogP contribution in [0.15, 0.2) is 24.3 Å². The van der Waals surface area contributed by atoms with Crippen LogP contribution in [0, 0.1) is 24.2 Å². The SMILES string of the molecule is C#Cc1ccc(C(C(=O)NC(C)CCC)N(C(=O)C(CC(C)C)NC(=O)OC(C)(C)C)C(C)CCC(C)C)cc1. The fraction of sp³-hybridized carbons (Fsp3) is 0.667. The van der Waals surface area contributed by atoms with Gasteiger partial charge >= 0.3 is 6.09 Å². The summed E-state index contributed by atoms with van der Waals surface area (Å²) in [6, 6.07) is 5.14. The van der Waals surface area contributed by atoms with Crippen LogP contribution < -0.4 is 10.6 Å². The molecule has 0 radical (unpaired) electrons. The van der Waals surface area contributed by atoms with Crippen LogP contribution in [0.5, 0.6) is 0 Å². The van der Waals surface area contributed by atoms with Crippen LogP contribution in [0.1, 0.15) is 119 Å². The Morgan fingerprint density at radius 2 is 1.52 bits per heavy atom. The molecule has 0 aromatic heterocycles. The van der Waals surface area contributed by atoms with Crippen molar-refractivity contribution in [3.8, 4) is 12.3 Å². The van der Waals surface area contributed by atoms with Crippen molar-refractivity contribution in [3.63, 3.8) is 0 Å². The zero-order valence-corrected chi connectivity index (χ0v) is 26.5. The van der Waals surface area contributed by atoms with E-state index in [0.717, 1.165) is 19.3 Å². The third-order valence-corrected chi connectivity index (χ3v) is 6.62. The Labute approximate surface area is 243 Å². The number of hydrogen-bond donors (Lipinski definition) is 2. The van der Waals surface area contributed by atoms with Crippen LogP contribution in [0.3, 0.4) is 0 Å². The van der Waals surface area contributed by atoms with Gasteiger partial charge in [0.25, 0.3) is 0 Å². The lowest BCUT2D eigenvalue weighted by Crippen LogP contribution is -2.56. The normalized spacial score (nSPS) is 14.6. The number of amides is 3. The molecule has 224 valence electrons. The number of alkyl carbamates (subject to hydrolysis) is 1. The lowest BCUT2D eigenvalue weighted by atomic mass is 9.94. The average Bonchev–Trinajstić information content (AvgIpc) is 2.83. The number of hydrogen-bond acceptors (Lipinski definition) is 4. The number of terminal acetylenes is 1. The van der Waals surface area contributed by atoms with Gasteiger partial charge in [-0.25, -0.2) is 4.79 Å². The Morgan fingerprint density at radius 3 is 2.00 bits per heavy atom. The maximum atomic E-state index is 14.5. The monoisotopic (exact) mass is 555 g/mol. The van der Waals surface area contributed by atoms with E-state index in [2.05, 4.69) is 37.3 Å². The summed E-state index contributed by atoms with van der Waals surface area (Å²) in [5.74, 6) is 2.60. The summed E-state index contributed by atoms with van der Waals surface area (Å²) < 4.78 is 5.50. The van der Waals surface area contributed by atoms with E-state index in [-0.39, 0.29) is 29.8 Å². The van der Waals surface area contributed by atoms with Gasteiger partial charge in [-0.1, -0.05) is 59.1 Å². The summed E-state index contributed by atoms with van der Waals surface area (Å²) in [5, 5.41) is 5.95. The van der Waals surface area contributed by atoms with E-state index in [1.165, 1.54) is 0 Å². The van der Waals surface area contributed by atoms with Crippen molar-refractivity contribution in [1.29, 1.82) is 0 Å². The van der Waals surface area contributed by atoms with Crippen LogP contribution >= 0.6 is 0 Å². The summed E-state index contributed by atoms with van der Waals surface area (Å²) in [6.07, 6.45) is 8.68. The number of benzene rings is 1. The summed E-state index contributed by atoms with van der Waals surface area (Å²) in [4.78, 5) is 42.9. The topological polar surface area (TPSA) is 87.7 Å². The van der Waals surface area contributed by atoms with Crippen molar-refractivity contribution in [1.82, 2.24) is 15.5 Å². The molecule has 0 spiro atoms. The van der Waals surface area contributed by atoms with Crippen LogP contribution in [0.2, 0.25) is 0 Å². The van der Waals surface area contributed by atoms with E-state index in [0.29, 0.717) is 29.9 Å². The van der Waals surface area contributed by atoms with Crippen LogP contribution in [-0.2, 0) is 14.3 Å². The lowest BCUT2D eigenvalue weighted by Gasteiger charge is -2.39. The molecule has 7 nitrogen and oxygen atoms in total. The highest BCUT2D eigenvalue weighted by atomic mass is 16.6. The molecule has 1 rings (SSSR count). The highest BCUT2D eigenvalue weighted by Crippen LogP contribution is 2.29. The third-order valence-electron chi connectivity index (χ3n) is 6.62. The number of carbonyl (C=O) groups is 3. The van der Waals surface area contributed by atoms with Gasteiger partial charge in [-0.2, -0.15) is 0 Å². The number of nitrogens with one attached hydrogen (secondary N) is 2. The Hall–Kier alpha value is -3.01. The minimum Gasteiger partial charge on any atom is -0.444 e. The number of carbonyl (C=O) groups excluding carboxylic acids is 3. The standard InChI is InChI=1S/C33H53N3O4/c1-12-14-24(7)34-30(37)29(27-19-17-26(13-2)18-20-27)36(25(8)16-15-22(3)4)31(38)28(21-23(5)6)35-32(39)40-33(9,10)11/h2,17-20,22-25,28-29H,12,14-16,21H2,1,3-11H3,(H,34,37)(H,35,39). The zero-order chi connectivity index (χ0) is 30.6. The smallest absolute Gasteiger partial charge is 0.408 e. The molecular formula is C33H53N3O4. The molecule has 0 saturated carbocycles. The molecule has 7 heteroatoms. The van der Waals surface area contributed by atoms with Crippen molar-refractivity contribution in [2.45, 2.75) is 131 Å². The van der Waals surface area contributed by atoms with Crippen molar-refractivity contribution < 1.29 is 19.1 Å². The van der Waals surface area contributed by atoms with Gasteiger partial charge in [0.1, 0.15) is 17.7 Å². The Bertz CT molecular complexity index is 988. The first-order valence-corrected chi connectivity index (χ1v) is 14.8. The van der Waals surface area contributed by atoms with Crippen molar-refractivity contribution in [2.75, 3.05) is 0 Å². The molecular weight excluding hydrogens is 502 g/mol. The van der Waals surface area contributed by atoms with Gasteiger partial charge in [0.2, 0.25) is 11.8 Å². The van der Waals surface area contributed by atoms with E-state index in [9.17, 15) is 14.4 Å². The van der Waals surface area contributed by atoms with E-state index in [1.54, 1.807) is 37.8 Å². The predicted octanol–water partition coefficient (Wildman–Crippen LogP) is 6.61. The molecule has 1 aromatic carbocycles. The average molecular weight is 556 g/mol. The molecule has 4 unspecified atom stereocenters. The zero-order valence-electron chi connectivity index (χ0n) is 26.5. The van der Waals surface area contributed by atoms with Gasteiger partial charge in [0.05, 0.1) is 0 Å². The molecule has 0 bridgehead atoms. The van der Waals surface area contributed by atoms with Crippen molar-refractivity contribution in [2.24, 2.45) is 11.8 Å². The molecule has 40 heavy (non-hydrogen) atoms.